The van der Waals surface area contributed by atoms with Crippen molar-refractivity contribution < 1.29 is 18.1 Å². The van der Waals surface area contributed by atoms with Gasteiger partial charge in [0.2, 0.25) is 5.89 Å². The number of likely N-dealkylation sites (tertiary alicyclic amines) is 1. The monoisotopic (exact) mass is 336 g/mol. The lowest BCUT2D eigenvalue weighted by molar-refractivity contribution is 0.0827. The third-order valence-corrected chi connectivity index (χ3v) is 4.20. The maximum absolute atomic E-state index is 13.7. The van der Waals surface area contributed by atoms with E-state index < -0.39 is 11.6 Å². The van der Waals surface area contributed by atoms with Crippen LogP contribution in [0.25, 0.3) is 0 Å². The molecule has 2 heterocycles. The van der Waals surface area contributed by atoms with Crippen molar-refractivity contribution in [1.29, 1.82) is 0 Å². The lowest BCUT2D eigenvalue weighted by Gasteiger charge is -2.30. The predicted molar refractivity (Wildman–Crippen MR) is 80.9 cm³/mol. The zero-order valence-corrected chi connectivity index (χ0v) is 13.0. The van der Waals surface area contributed by atoms with Crippen LogP contribution in [0.4, 0.5) is 8.78 Å². The maximum Gasteiger partial charge on any atom is 0.240 e. The number of piperidine rings is 1. The summed E-state index contributed by atoms with van der Waals surface area (Å²) in [7, 11) is 0. The second-order valence-corrected chi connectivity index (χ2v) is 5.85. The Morgan fingerprint density at radius 2 is 2.08 bits per heavy atom. The molecular weight excluding hydrogens is 318 g/mol. The second kappa shape index (κ2) is 7.14. The highest BCUT2D eigenvalue weighted by Gasteiger charge is 2.28. The summed E-state index contributed by atoms with van der Waals surface area (Å²) < 4.78 is 31.9. The Kier molecular flexibility index (Phi) is 4.96. The summed E-state index contributed by atoms with van der Waals surface area (Å²) in [6.07, 6.45) is 1.16. The van der Waals surface area contributed by atoms with Crippen LogP contribution in [0.1, 0.15) is 34.9 Å². The highest BCUT2D eigenvalue weighted by Crippen LogP contribution is 2.24. The second-order valence-electron chi connectivity index (χ2n) is 5.85. The molecule has 6 nitrogen and oxygen atoms in total. The first-order chi connectivity index (χ1) is 11.6. The van der Waals surface area contributed by atoms with E-state index in [2.05, 4.69) is 15.0 Å². The molecule has 2 aromatic rings. The van der Waals surface area contributed by atoms with Gasteiger partial charge >= 0.3 is 0 Å². The molecule has 8 heteroatoms. The lowest BCUT2D eigenvalue weighted by atomic mass is 9.88. The zero-order valence-electron chi connectivity index (χ0n) is 13.0. The summed E-state index contributed by atoms with van der Waals surface area (Å²) in [5, 5.41) is 3.84. The van der Waals surface area contributed by atoms with E-state index >= 15 is 0 Å². The van der Waals surface area contributed by atoms with Gasteiger partial charge in [0.25, 0.3) is 0 Å². The van der Waals surface area contributed by atoms with E-state index in [9.17, 15) is 13.6 Å². The molecule has 0 saturated carbocycles. The van der Waals surface area contributed by atoms with Crippen molar-refractivity contribution >= 4 is 5.78 Å². The van der Waals surface area contributed by atoms with Gasteiger partial charge in [-0.3, -0.25) is 9.69 Å². The van der Waals surface area contributed by atoms with Crippen molar-refractivity contribution in [3.05, 3.63) is 47.1 Å². The minimum Gasteiger partial charge on any atom is -0.338 e. The first-order valence-electron chi connectivity index (χ1n) is 7.80. The topological polar surface area (TPSA) is 85.2 Å². The summed E-state index contributed by atoms with van der Waals surface area (Å²) in [5.74, 6) is -0.984. The number of nitrogens with two attached hydrogens (primary N) is 1. The predicted octanol–water partition coefficient (Wildman–Crippen LogP) is 1.90. The van der Waals surface area contributed by atoms with Crippen molar-refractivity contribution in [1.82, 2.24) is 15.0 Å². The highest BCUT2D eigenvalue weighted by atomic mass is 19.1. The number of nitrogens with zero attached hydrogens (tertiary/aromatic N) is 3. The third kappa shape index (κ3) is 3.65. The fraction of sp³-hybridized carbons (Fsp3) is 0.438. The Bertz CT molecular complexity index is 727. The number of carbonyl (C=O) groups excluding carboxylic acids is 1. The molecule has 0 bridgehead atoms. The molecule has 0 atom stereocenters. The fourth-order valence-corrected chi connectivity index (χ4v) is 2.90. The van der Waals surface area contributed by atoms with E-state index in [0.717, 1.165) is 18.2 Å². The van der Waals surface area contributed by atoms with Crippen LogP contribution in [0.3, 0.4) is 0 Å². The minimum absolute atomic E-state index is 0.167. The van der Waals surface area contributed by atoms with Gasteiger partial charge in [0.15, 0.2) is 11.6 Å². The molecule has 0 aliphatic carbocycles. The quantitative estimate of drug-likeness (QED) is 0.840. The number of Topliss-reactive ketones (excluding diaryl/α,β-unsaturated/α-hetero) is 1. The van der Waals surface area contributed by atoms with Crippen molar-refractivity contribution in [2.24, 2.45) is 11.7 Å². The lowest BCUT2D eigenvalue weighted by Crippen LogP contribution is -2.36. The summed E-state index contributed by atoms with van der Waals surface area (Å²) in [5.41, 5.74) is 5.25. The molecule has 1 aromatic carbocycles. The van der Waals surface area contributed by atoms with Gasteiger partial charge in [-0.2, -0.15) is 4.98 Å². The van der Waals surface area contributed by atoms with E-state index in [-0.39, 0.29) is 23.8 Å². The summed E-state index contributed by atoms with van der Waals surface area (Å²) in [6.45, 7) is 2.02. The van der Waals surface area contributed by atoms with E-state index in [4.69, 9.17) is 10.3 Å². The molecule has 2 N–H and O–H groups in total. The van der Waals surface area contributed by atoms with Crippen LogP contribution < -0.4 is 5.73 Å². The number of ketones is 1. The average molecular weight is 336 g/mol. The first-order valence-corrected chi connectivity index (χ1v) is 7.80. The largest absolute Gasteiger partial charge is 0.338 e. The van der Waals surface area contributed by atoms with Crippen molar-refractivity contribution in [2.45, 2.75) is 25.9 Å². The normalized spacial score (nSPS) is 16.5. The third-order valence-electron chi connectivity index (χ3n) is 4.20. The van der Waals surface area contributed by atoms with Gasteiger partial charge in [0.05, 0.1) is 18.7 Å². The van der Waals surface area contributed by atoms with Gasteiger partial charge in [-0.1, -0.05) is 5.16 Å². The van der Waals surface area contributed by atoms with Gasteiger partial charge in [-0.25, -0.2) is 8.78 Å². The van der Waals surface area contributed by atoms with E-state index in [1.165, 1.54) is 0 Å². The van der Waals surface area contributed by atoms with E-state index in [1.54, 1.807) is 0 Å². The number of aromatic nitrogens is 2. The molecule has 1 fully saturated rings. The van der Waals surface area contributed by atoms with Crippen LogP contribution >= 0.6 is 0 Å². The van der Waals surface area contributed by atoms with Crippen molar-refractivity contribution in [3.8, 4) is 0 Å². The number of benzene rings is 1. The Labute approximate surface area is 137 Å². The molecule has 3 rings (SSSR count). The van der Waals surface area contributed by atoms with Crippen LogP contribution in [0, 0.1) is 17.6 Å². The minimum atomic E-state index is -0.676. The Balaban J connectivity index is 1.58. The smallest absolute Gasteiger partial charge is 0.240 e. The van der Waals surface area contributed by atoms with Gasteiger partial charge in [0, 0.05) is 5.92 Å². The molecule has 0 radical (unpaired) electrons. The van der Waals surface area contributed by atoms with Crippen molar-refractivity contribution in [2.75, 3.05) is 13.1 Å². The van der Waals surface area contributed by atoms with Crippen LogP contribution in [-0.2, 0) is 13.1 Å². The number of carbonyl (C=O) groups is 1. The average Bonchev–Trinajstić information content (AvgIpc) is 3.05. The molecule has 1 aliphatic heterocycles. The molecule has 128 valence electrons. The SMILES string of the molecule is NCc1nc(CN2CCC(C(=O)c3cc(F)ccc3F)CC2)no1. The Morgan fingerprint density at radius 3 is 2.75 bits per heavy atom. The van der Waals surface area contributed by atoms with E-state index in [0.29, 0.717) is 44.2 Å². The Hall–Kier alpha value is -2.19. The number of halogens is 2. The first kappa shape index (κ1) is 16.7. The van der Waals surface area contributed by atoms with E-state index in [1.807, 2.05) is 0 Å². The molecule has 1 aromatic heterocycles. The van der Waals surface area contributed by atoms with Crippen LogP contribution in [0.5, 0.6) is 0 Å². The van der Waals surface area contributed by atoms with Crippen LogP contribution in [0.15, 0.2) is 22.7 Å². The number of hydrogen-bond acceptors (Lipinski definition) is 6. The molecule has 0 unspecified atom stereocenters. The molecular formula is C16H18F2N4O2. The molecule has 1 aliphatic rings. The standard InChI is InChI=1S/C16H18F2N4O2/c17-11-1-2-13(18)12(7-11)16(23)10-3-5-22(6-4-10)9-14-20-15(8-19)24-21-14/h1-2,7,10H,3-6,8-9,19H2. The number of rotatable bonds is 5. The van der Waals surface area contributed by atoms with Gasteiger partial charge in [-0.15, -0.1) is 0 Å². The molecule has 0 amide bonds. The highest BCUT2D eigenvalue weighted by molar-refractivity contribution is 5.98. The molecule has 0 spiro atoms. The summed E-state index contributed by atoms with van der Waals surface area (Å²) >= 11 is 0. The van der Waals surface area contributed by atoms with Gasteiger partial charge in [-0.05, 0) is 44.1 Å². The maximum atomic E-state index is 13.7. The zero-order chi connectivity index (χ0) is 17.1. The molecule has 24 heavy (non-hydrogen) atoms. The van der Waals surface area contributed by atoms with Crippen molar-refractivity contribution in [3.63, 3.8) is 0 Å². The Morgan fingerprint density at radius 1 is 1.33 bits per heavy atom. The molecule has 1 saturated heterocycles. The van der Waals surface area contributed by atoms with Crippen LogP contribution in [0.2, 0.25) is 0 Å². The summed E-state index contributed by atoms with van der Waals surface area (Å²) in [6, 6.07) is 2.97. The fourth-order valence-electron chi connectivity index (χ4n) is 2.90. The number of hydrogen-bond donors (Lipinski definition) is 1. The van der Waals surface area contributed by atoms with Gasteiger partial charge < -0.3 is 10.3 Å². The van der Waals surface area contributed by atoms with Crippen LogP contribution in [-0.4, -0.2) is 33.9 Å². The van der Waals surface area contributed by atoms with Gasteiger partial charge in [0.1, 0.15) is 11.6 Å². The summed E-state index contributed by atoms with van der Waals surface area (Å²) in [4.78, 5) is 18.6.